The molecule has 2 heterocycles. The summed E-state index contributed by atoms with van der Waals surface area (Å²) in [5.74, 6) is -2.85. The number of hydrogen-bond donors (Lipinski definition) is 2. The van der Waals surface area contributed by atoms with Crippen LogP contribution in [0.15, 0.2) is 36.5 Å². The van der Waals surface area contributed by atoms with Crippen molar-refractivity contribution in [3.05, 3.63) is 42.1 Å². The van der Waals surface area contributed by atoms with E-state index in [1.54, 1.807) is 6.07 Å². The maximum atomic E-state index is 12.6. The Morgan fingerprint density at radius 2 is 2.07 bits per heavy atom. The number of nitrogens with one attached hydrogen (secondary N) is 1. The van der Waals surface area contributed by atoms with Gasteiger partial charge in [0.25, 0.3) is 5.91 Å². The molecule has 0 bridgehead atoms. The lowest BCUT2D eigenvalue weighted by atomic mass is 10.0. The first-order valence-electron chi connectivity index (χ1n) is 9.18. The zero-order valence-corrected chi connectivity index (χ0v) is 15.2. The summed E-state index contributed by atoms with van der Waals surface area (Å²) in [4.78, 5) is 42.6. The van der Waals surface area contributed by atoms with Gasteiger partial charge in [-0.1, -0.05) is 38.0 Å². The molecule has 0 spiro atoms. The molecular weight excluding hydrogens is 346 g/mol. The Bertz CT molecular complexity index is 867. The molecule has 142 valence electrons. The van der Waals surface area contributed by atoms with Gasteiger partial charge in [0, 0.05) is 24.7 Å². The number of nitrogens with zero attached hydrogens (tertiary/aromatic N) is 2. The van der Waals surface area contributed by atoms with Crippen LogP contribution in [0.1, 0.15) is 36.5 Å². The Morgan fingerprint density at radius 3 is 2.81 bits per heavy atom. The van der Waals surface area contributed by atoms with Crippen molar-refractivity contribution < 1.29 is 19.5 Å². The maximum absolute atomic E-state index is 12.6. The summed E-state index contributed by atoms with van der Waals surface area (Å²) in [6.45, 7) is 2.70. The summed E-state index contributed by atoms with van der Waals surface area (Å²) < 4.78 is 0. The molecule has 1 aliphatic rings. The van der Waals surface area contributed by atoms with Gasteiger partial charge in [-0.15, -0.1) is 0 Å². The molecule has 2 aromatic rings. The van der Waals surface area contributed by atoms with Gasteiger partial charge in [-0.25, -0.2) is 0 Å². The van der Waals surface area contributed by atoms with Crippen molar-refractivity contribution in [2.24, 2.45) is 5.92 Å². The Hall–Kier alpha value is -2.96. The Balaban J connectivity index is 1.75. The highest BCUT2D eigenvalue weighted by Crippen LogP contribution is 2.21. The minimum atomic E-state index is -1.08. The lowest BCUT2D eigenvalue weighted by Gasteiger charge is -2.17. The second-order valence-electron chi connectivity index (χ2n) is 6.80. The number of aliphatic carboxylic acids is 1. The van der Waals surface area contributed by atoms with Crippen LogP contribution in [0, 0.1) is 5.92 Å². The predicted octanol–water partition coefficient (Wildman–Crippen LogP) is 2.07. The molecule has 1 saturated heterocycles. The van der Waals surface area contributed by atoms with Gasteiger partial charge in [-0.05, 0) is 18.6 Å². The van der Waals surface area contributed by atoms with E-state index in [4.69, 9.17) is 0 Å². The van der Waals surface area contributed by atoms with Crippen molar-refractivity contribution >= 4 is 28.7 Å². The summed E-state index contributed by atoms with van der Waals surface area (Å²) in [5, 5.41) is 12.9. The average molecular weight is 369 g/mol. The molecule has 0 saturated carbocycles. The van der Waals surface area contributed by atoms with Crippen LogP contribution in [-0.2, 0) is 9.59 Å². The van der Waals surface area contributed by atoms with E-state index < -0.39 is 23.8 Å². The molecule has 2 N–H and O–H groups in total. The van der Waals surface area contributed by atoms with Crippen LogP contribution in [0.4, 0.5) is 0 Å². The summed E-state index contributed by atoms with van der Waals surface area (Å²) in [5.41, 5.74) is 1.06. The first kappa shape index (κ1) is 18.8. The van der Waals surface area contributed by atoms with Crippen molar-refractivity contribution in [2.75, 3.05) is 13.1 Å². The van der Waals surface area contributed by atoms with Crippen molar-refractivity contribution in [3.8, 4) is 0 Å². The molecule has 7 heteroatoms. The van der Waals surface area contributed by atoms with E-state index >= 15 is 0 Å². The molecule has 1 aromatic carbocycles. The number of carbonyl (C=O) groups is 3. The average Bonchev–Trinajstić information content (AvgIpc) is 2.98. The van der Waals surface area contributed by atoms with Gasteiger partial charge in [-0.2, -0.15) is 0 Å². The van der Waals surface area contributed by atoms with E-state index in [0.29, 0.717) is 12.1 Å². The highest BCUT2D eigenvalue weighted by atomic mass is 16.4. The molecule has 1 aliphatic heterocycles. The van der Waals surface area contributed by atoms with Crippen LogP contribution in [0.3, 0.4) is 0 Å². The number of fused-ring (bicyclic) bond motifs is 1. The number of likely N-dealkylation sites (tertiary alicyclic amines) is 1. The van der Waals surface area contributed by atoms with Crippen molar-refractivity contribution in [1.82, 2.24) is 15.2 Å². The van der Waals surface area contributed by atoms with E-state index in [9.17, 15) is 19.5 Å². The number of unbranched alkanes of at least 4 members (excludes halogenated alkanes) is 2. The van der Waals surface area contributed by atoms with Gasteiger partial charge in [-0.3, -0.25) is 19.4 Å². The summed E-state index contributed by atoms with van der Waals surface area (Å²) >= 11 is 0. The number of amides is 2. The molecule has 7 nitrogen and oxygen atoms in total. The topological polar surface area (TPSA) is 99.6 Å². The molecule has 3 rings (SSSR count). The standard InChI is InChI=1S/C20H23N3O4/c1-2-3-6-9-23-12-15(20(26)27)17(19(23)25)22-18(24)14-10-13-7-4-5-8-16(13)21-11-14/h4-5,7-8,10-11,15,17H,2-3,6,9,12H2,1H3,(H,22,24)(H,26,27)/t15-,17-/m0/s1. The van der Waals surface area contributed by atoms with Gasteiger partial charge >= 0.3 is 5.97 Å². The third-order valence-corrected chi connectivity index (χ3v) is 4.89. The number of pyridine rings is 1. The Labute approximate surface area is 157 Å². The first-order valence-corrected chi connectivity index (χ1v) is 9.18. The van der Waals surface area contributed by atoms with E-state index in [1.807, 2.05) is 24.3 Å². The van der Waals surface area contributed by atoms with Gasteiger partial charge < -0.3 is 15.3 Å². The first-order chi connectivity index (χ1) is 13.0. The normalized spacial score (nSPS) is 19.4. The van der Waals surface area contributed by atoms with Crippen LogP contribution in [0.2, 0.25) is 0 Å². The number of benzene rings is 1. The van der Waals surface area contributed by atoms with Crippen molar-refractivity contribution in [1.29, 1.82) is 0 Å². The van der Waals surface area contributed by atoms with Crippen LogP contribution in [-0.4, -0.2) is 51.9 Å². The maximum Gasteiger partial charge on any atom is 0.310 e. The fraction of sp³-hybridized carbons (Fsp3) is 0.400. The van der Waals surface area contributed by atoms with Gasteiger partial charge in [0.05, 0.1) is 11.1 Å². The molecule has 0 radical (unpaired) electrons. The highest BCUT2D eigenvalue weighted by molar-refractivity contribution is 6.01. The van der Waals surface area contributed by atoms with E-state index in [0.717, 1.165) is 30.2 Å². The SMILES string of the molecule is CCCCCN1C[C@H](C(=O)O)[C@H](NC(=O)c2cnc3ccccc3c2)C1=O. The fourth-order valence-electron chi connectivity index (χ4n) is 3.36. The number of carboxylic acids is 1. The molecule has 2 atom stereocenters. The minimum Gasteiger partial charge on any atom is -0.481 e. The van der Waals surface area contributed by atoms with Gasteiger partial charge in [0.1, 0.15) is 12.0 Å². The largest absolute Gasteiger partial charge is 0.481 e. The van der Waals surface area contributed by atoms with E-state index in [2.05, 4.69) is 17.2 Å². The molecule has 1 aromatic heterocycles. The van der Waals surface area contributed by atoms with Crippen LogP contribution in [0.25, 0.3) is 10.9 Å². The third-order valence-electron chi connectivity index (χ3n) is 4.89. The quantitative estimate of drug-likeness (QED) is 0.728. The summed E-state index contributed by atoms with van der Waals surface area (Å²) in [6, 6.07) is 8.02. The number of para-hydroxylation sites is 1. The number of carboxylic acid groups (broad SMARTS) is 1. The molecule has 0 aliphatic carbocycles. The molecule has 27 heavy (non-hydrogen) atoms. The smallest absolute Gasteiger partial charge is 0.310 e. The monoisotopic (exact) mass is 369 g/mol. The van der Waals surface area contributed by atoms with Crippen LogP contribution < -0.4 is 5.32 Å². The van der Waals surface area contributed by atoms with E-state index in [-0.39, 0.29) is 12.5 Å². The fourth-order valence-corrected chi connectivity index (χ4v) is 3.36. The molecule has 1 fully saturated rings. The van der Waals surface area contributed by atoms with Gasteiger partial charge in [0.15, 0.2) is 0 Å². The third kappa shape index (κ3) is 4.07. The van der Waals surface area contributed by atoms with Crippen LogP contribution >= 0.6 is 0 Å². The molecule has 0 unspecified atom stereocenters. The number of rotatable bonds is 7. The molecule has 2 amide bonds. The molecular formula is C20H23N3O4. The lowest BCUT2D eigenvalue weighted by Crippen LogP contribution is -2.46. The second-order valence-corrected chi connectivity index (χ2v) is 6.80. The predicted molar refractivity (Wildman–Crippen MR) is 100 cm³/mol. The minimum absolute atomic E-state index is 0.124. The number of aromatic nitrogens is 1. The lowest BCUT2D eigenvalue weighted by molar-refractivity contribution is -0.142. The zero-order valence-electron chi connectivity index (χ0n) is 15.2. The van der Waals surface area contributed by atoms with Crippen molar-refractivity contribution in [2.45, 2.75) is 32.2 Å². The summed E-state index contributed by atoms with van der Waals surface area (Å²) in [7, 11) is 0. The Kier molecular flexibility index (Phi) is 5.69. The van der Waals surface area contributed by atoms with E-state index in [1.165, 1.54) is 11.1 Å². The van der Waals surface area contributed by atoms with Crippen molar-refractivity contribution in [3.63, 3.8) is 0 Å². The number of hydrogen-bond acceptors (Lipinski definition) is 4. The summed E-state index contributed by atoms with van der Waals surface area (Å²) in [6.07, 6.45) is 4.25. The van der Waals surface area contributed by atoms with Crippen LogP contribution in [0.5, 0.6) is 0 Å². The van der Waals surface area contributed by atoms with Gasteiger partial charge in [0.2, 0.25) is 5.91 Å². The number of carbonyl (C=O) groups excluding carboxylic acids is 2. The Morgan fingerprint density at radius 1 is 1.30 bits per heavy atom. The highest BCUT2D eigenvalue weighted by Gasteiger charge is 2.45. The zero-order chi connectivity index (χ0) is 19.4. The second kappa shape index (κ2) is 8.16.